The maximum Gasteiger partial charge on any atom is 0.260 e. The first kappa shape index (κ1) is 22.7. The molecule has 35 heavy (non-hydrogen) atoms. The van der Waals surface area contributed by atoms with E-state index < -0.39 is 5.92 Å². The third kappa shape index (κ3) is 4.28. The van der Waals surface area contributed by atoms with Crippen molar-refractivity contribution in [2.75, 3.05) is 5.32 Å². The molecule has 0 radical (unpaired) electrons. The van der Waals surface area contributed by atoms with Crippen LogP contribution in [-0.4, -0.2) is 20.4 Å². The number of aryl methyl sites for hydroxylation is 2. The molecule has 1 aromatic carbocycles. The summed E-state index contributed by atoms with van der Waals surface area (Å²) in [6.45, 7) is 3.79. The van der Waals surface area contributed by atoms with Gasteiger partial charge in [-0.25, -0.2) is 9.37 Å². The lowest BCUT2D eigenvalue weighted by atomic mass is 10.0. The van der Waals surface area contributed by atoms with Gasteiger partial charge in [-0.05, 0) is 61.9 Å². The van der Waals surface area contributed by atoms with Gasteiger partial charge in [-0.2, -0.15) is 0 Å². The molecule has 0 spiro atoms. The predicted octanol–water partition coefficient (Wildman–Crippen LogP) is 5.85. The summed E-state index contributed by atoms with van der Waals surface area (Å²) in [5.41, 5.74) is 3.79. The van der Waals surface area contributed by atoms with Crippen LogP contribution >= 0.6 is 11.3 Å². The number of hydrogen-bond acceptors (Lipinski definition) is 4. The van der Waals surface area contributed by atoms with Gasteiger partial charge in [0.05, 0.1) is 22.5 Å². The molecule has 1 unspecified atom stereocenters. The van der Waals surface area contributed by atoms with Crippen molar-refractivity contribution in [2.24, 2.45) is 7.05 Å². The zero-order chi connectivity index (χ0) is 24.7. The van der Waals surface area contributed by atoms with Crippen LogP contribution in [0.1, 0.15) is 23.3 Å². The first-order valence-electron chi connectivity index (χ1n) is 11.1. The Kier molecular flexibility index (Phi) is 5.82. The van der Waals surface area contributed by atoms with Crippen molar-refractivity contribution >= 4 is 34.0 Å². The van der Waals surface area contributed by atoms with Gasteiger partial charge < -0.3 is 14.9 Å². The minimum Gasteiger partial charge on any atom is -0.354 e. The first-order chi connectivity index (χ1) is 16.8. The van der Waals surface area contributed by atoms with Crippen LogP contribution in [-0.2, 0) is 11.8 Å². The van der Waals surface area contributed by atoms with E-state index in [-0.39, 0.29) is 17.3 Å². The van der Waals surface area contributed by atoms with Crippen LogP contribution in [0.2, 0.25) is 0 Å². The van der Waals surface area contributed by atoms with E-state index in [9.17, 15) is 14.0 Å². The first-order valence-corrected chi connectivity index (χ1v) is 11.9. The van der Waals surface area contributed by atoms with Crippen molar-refractivity contribution < 1.29 is 9.18 Å². The Morgan fingerprint density at radius 3 is 2.63 bits per heavy atom. The Balaban J connectivity index is 1.55. The number of benzene rings is 1. The number of hydrogen-bond donors (Lipinski definition) is 2. The number of rotatable bonds is 5. The van der Waals surface area contributed by atoms with E-state index >= 15 is 0 Å². The van der Waals surface area contributed by atoms with Gasteiger partial charge in [-0.3, -0.25) is 9.59 Å². The van der Waals surface area contributed by atoms with Gasteiger partial charge in [0, 0.05) is 40.3 Å². The lowest BCUT2D eigenvalue weighted by Crippen LogP contribution is -2.19. The third-order valence-electron chi connectivity index (χ3n) is 6.08. The number of H-pyrrole nitrogens is 1. The number of carbonyl (C=O) groups is 1. The Morgan fingerprint density at radius 1 is 1.14 bits per heavy atom. The minimum absolute atomic E-state index is 0.0817. The summed E-state index contributed by atoms with van der Waals surface area (Å²) in [5, 5.41) is 3.49. The second-order valence-electron chi connectivity index (χ2n) is 8.50. The Labute approximate surface area is 205 Å². The van der Waals surface area contributed by atoms with Crippen LogP contribution in [0.3, 0.4) is 0 Å². The van der Waals surface area contributed by atoms with Crippen LogP contribution in [0.4, 0.5) is 10.2 Å². The number of carbonyl (C=O) groups excluding carboxylic acids is 1. The van der Waals surface area contributed by atoms with E-state index in [1.165, 1.54) is 12.1 Å². The number of nitrogens with zero attached hydrogens (tertiary/aromatic N) is 2. The summed E-state index contributed by atoms with van der Waals surface area (Å²) in [5.74, 6) is -0.690. The number of thiophene rings is 1. The van der Waals surface area contributed by atoms with E-state index in [2.05, 4.69) is 15.3 Å². The predicted molar refractivity (Wildman–Crippen MR) is 138 cm³/mol. The fourth-order valence-corrected chi connectivity index (χ4v) is 5.05. The molecule has 0 aliphatic rings. The number of fused-ring (bicyclic) bond motifs is 1. The van der Waals surface area contributed by atoms with Crippen LogP contribution in [0.5, 0.6) is 0 Å². The van der Waals surface area contributed by atoms with Crippen molar-refractivity contribution in [3.8, 4) is 21.7 Å². The molecule has 0 aliphatic carbocycles. The van der Waals surface area contributed by atoms with Gasteiger partial charge in [-0.1, -0.05) is 12.1 Å². The molecular formula is C27H23FN4O2S. The largest absolute Gasteiger partial charge is 0.354 e. The molecular weight excluding hydrogens is 463 g/mol. The van der Waals surface area contributed by atoms with Crippen molar-refractivity contribution in [2.45, 2.75) is 19.8 Å². The highest BCUT2D eigenvalue weighted by Gasteiger charge is 2.21. The summed E-state index contributed by atoms with van der Waals surface area (Å²) in [7, 11) is 1.74. The van der Waals surface area contributed by atoms with Gasteiger partial charge in [0.15, 0.2) is 0 Å². The third-order valence-corrected chi connectivity index (χ3v) is 7.10. The summed E-state index contributed by atoms with van der Waals surface area (Å²) in [6, 6.07) is 15.5. The number of aromatic nitrogens is 3. The topological polar surface area (TPSA) is 79.8 Å². The second kappa shape index (κ2) is 8.96. The van der Waals surface area contributed by atoms with Crippen molar-refractivity contribution in [3.63, 3.8) is 0 Å². The average molecular weight is 487 g/mol. The molecule has 1 atom stereocenters. The summed E-state index contributed by atoms with van der Waals surface area (Å²) in [6.07, 6.45) is 3.37. The maximum atomic E-state index is 13.3. The fourth-order valence-electron chi connectivity index (χ4n) is 4.12. The molecule has 176 valence electrons. The van der Waals surface area contributed by atoms with E-state index in [4.69, 9.17) is 0 Å². The normalized spacial score (nSPS) is 12.1. The lowest BCUT2D eigenvalue weighted by molar-refractivity contribution is -0.117. The SMILES string of the molecule is Cc1ccc(-c2c(-c3ccnc(NC(=O)C(C)c4ccc(F)cc4)c3)[nH]c3ccn(C)c(=O)c23)s1. The van der Waals surface area contributed by atoms with Crippen molar-refractivity contribution in [1.82, 2.24) is 14.5 Å². The summed E-state index contributed by atoms with van der Waals surface area (Å²) < 4.78 is 14.8. The van der Waals surface area contributed by atoms with Crippen LogP contribution in [0, 0.1) is 12.7 Å². The van der Waals surface area contributed by atoms with Crippen LogP contribution in [0.15, 0.2) is 71.8 Å². The monoisotopic (exact) mass is 486 g/mol. The van der Waals surface area contributed by atoms with Gasteiger partial charge in [0.2, 0.25) is 5.91 Å². The van der Waals surface area contributed by atoms with Crippen LogP contribution in [0.25, 0.3) is 32.6 Å². The molecule has 0 bridgehead atoms. The van der Waals surface area contributed by atoms with Crippen molar-refractivity contribution in [3.05, 3.63) is 93.6 Å². The highest BCUT2D eigenvalue weighted by atomic mass is 32.1. The number of halogens is 1. The van der Waals surface area contributed by atoms with Crippen LogP contribution < -0.4 is 10.9 Å². The Morgan fingerprint density at radius 2 is 1.91 bits per heavy atom. The molecule has 2 N–H and O–H groups in total. The molecule has 1 amide bonds. The van der Waals surface area contributed by atoms with E-state index in [1.807, 2.05) is 31.2 Å². The van der Waals surface area contributed by atoms with Gasteiger partial charge in [0.25, 0.3) is 5.56 Å². The van der Waals surface area contributed by atoms with Gasteiger partial charge in [-0.15, -0.1) is 11.3 Å². The molecule has 0 fully saturated rings. The lowest BCUT2D eigenvalue weighted by Gasteiger charge is -2.13. The van der Waals surface area contributed by atoms with Gasteiger partial charge in [0.1, 0.15) is 11.6 Å². The fraction of sp³-hybridized carbons (Fsp3) is 0.148. The van der Waals surface area contributed by atoms with E-state index in [1.54, 1.807) is 60.5 Å². The number of nitrogens with one attached hydrogen (secondary N) is 2. The quantitative estimate of drug-likeness (QED) is 0.327. The number of pyridine rings is 2. The summed E-state index contributed by atoms with van der Waals surface area (Å²) in [4.78, 5) is 35.8. The molecule has 5 aromatic rings. The molecule has 0 saturated heterocycles. The standard InChI is InChI=1S/C27H23FN4O2S/c1-15-4-9-21(35-15)24-23-20(11-13-32(3)27(23)34)30-25(24)18-10-12-29-22(14-18)31-26(33)16(2)17-5-7-19(28)8-6-17/h4-14,16,30H,1-3H3,(H,29,31,33). The second-order valence-corrected chi connectivity index (χ2v) is 9.79. The molecule has 0 saturated carbocycles. The highest BCUT2D eigenvalue weighted by molar-refractivity contribution is 7.15. The molecule has 5 rings (SSSR count). The van der Waals surface area contributed by atoms with Crippen molar-refractivity contribution in [1.29, 1.82) is 0 Å². The highest BCUT2D eigenvalue weighted by Crippen LogP contribution is 2.40. The molecule has 8 heteroatoms. The number of aromatic amines is 1. The maximum absolute atomic E-state index is 13.3. The summed E-state index contributed by atoms with van der Waals surface area (Å²) >= 11 is 1.62. The Bertz CT molecular complexity index is 1610. The zero-order valence-electron chi connectivity index (χ0n) is 19.4. The zero-order valence-corrected chi connectivity index (χ0v) is 20.2. The number of amides is 1. The molecule has 4 heterocycles. The molecule has 4 aromatic heterocycles. The Hall–Kier alpha value is -4.04. The molecule has 0 aliphatic heterocycles. The van der Waals surface area contributed by atoms with E-state index in [0.29, 0.717) is 16.8 Å². The number of anilines is 1. The van der Waals surface area contributed by atoms with Gasteiger partial charge >= 0.3 is 0 Å². The van der Waals surface area contributed by atoms with E-state index in [0.717, 1.165) is 32.1 Å². The minimum atomic E-state index is -0.484. The average Bonchev–Trinajstić information content (AvgIpc) is 3.45. The molecule has 6 nitrogen and oxygen atoms in total. The smallest absolute Gasteiger partial charge is 0.260 e.